The molecule has 2 bridgehead atoms. The Morgan fingerprint density at radius 1 is 0.808 bits per heavy atom. The first-order valence-electron chi connectivity index (χ1n) is 25.9. The summed E-state index contributed by atoms with van der Waals surface area (Å²) < 4.78 is 40.3. The molecular formula is C57H77NO13Si2. The van der Waals surface area contributed by atoms with Gasteiger partial charge in [-0.25, -0.2) is 9.59 Å². The summed E-state index contributed by atoms with van der Waals surface area (Å²) in [6.07, 6.45) is -8.41. The van der Waals surface area contributed by atoms with Gasteiger partial charge in [-0.05, 0) is 91.1 Å². The predicted octanol–water partition coefficient (Wildman–Crippen LogP) is 9.22. The number of esters is 3. The molecular weight excluding hydrogens is 963 g/mol. The van der Waals surface area contributed by atoms with Crippen molar-refractivity contribution in [2.24, 2.45) is 16.7 Å². The number of ether oxygens (including phenoxy) is 4. The van der Waals surface area contributed by atoms with Gasteiger partial charge in [0.2, 0.25) is 0 Å². The number of rotatable bonds is 16. The molecule has 3 aromatic carbocycles. The zero-order chi connectivity index (χ0) is 53.7. The van der Waals surface area contributed by atoms with E-state index in [1.54, 1.807) is 113 Å². The number of Topliss-reactive ketones (excluding diaryl/α,β-unsaturated/α-hetero) is 1. The zero-order valence-electron chi connectivity index (χ0n) is 44.9. The van der Waals surface area contributed by atoms with E-state index >= 15 is 9.59 Å². The molecule has 3 N–H and O–H groups in total. The van der Waals surface area contributed by atoms with Gasteiger partial charge in [-0.3, -0.25) is 14.4 Å². The number of fused-ring (bicyclic) bond motifs is 3. The van der Waals surface area contributed by atoms with Crippen LogP contribution in [-0.4, -0.2) is 111 Å². The Labute approximate surface area is 433 Å². The third-order valence-electron chi connectivity index (χ3n) is 17.7. The lowest BCUT2D eigenvalue weighted by Gasteiger charge is -2.62. The van der Waals surface area contributed by atoms with E-state index in [9.17, 15) is 24.6 Å². The molecule has 0 aromatic heterocycles. The molecule has 7 rings (SSSR count). The molecule has 14 nitrogen and oxygen atoms in total. The number of hydrogen-bond donors (Lipinski definition) is 3. The fourth-order valence-electron chi connectivity index (χ4n) is 11.9. The first kappa shape index (κ1) is 55.9. The summed E-state index contributed by atoms with van der Waals surface area (Å²) >= 11 is 0. The van der Waals surface area contributed by atoms with Crippen LogP contribution in [0.2, 0.25) is 36.3 Å². The van der Waals surface area contributed by atoms with E-state index in [2.05, 4.69) is 26.1 Å². The summed E-state index contributed by atoms with van der Waals surface area (Å²) in [4.78, 5) is 73.3. The van der Waals surface area contributed by atoms with Crippen LogP contribution in [0, 0.1) is 16.7 Å². The normalized spacial score (nSPS) is 29.7. The minimum absolute atomic E-state index is 0.0927. The van der Waals surface area contributed by atoms with Crippen LogP contribution in [0.4, 0.5) is 0 Å². The molecule has 11 atom stereocenters. The van der Waals surface area contributed by atoms with Crippen LogP contribution in [0.15, 0.2) is 102 Å². The van der Waals surface area contributed by atoms with Crippen LogP contribution >= 0.6 is 0 Å². The third kappa shape index (κ3) is 9.97. The number of carbonyl (C=O) groups excluding carboxylic acids is 5. The lowest BCUT2D eigenvalue weighted by molar-refractivity contribution is -0.235. The number of carbonyl (C=O) groups is 5. The van der Waals surface area contributed by atoms with Crippen molar-refractivity contribution in [1.29, 1.82) is 0 Å². The van der Waals surface area contributed by atoms with Crippen LogP contribution in [0.25, 0.3) is 0 Å². The van der Waals surface area contributed by atoms with Crippen molar-refractivity contribution in [3.05, 3.63) is 119 Å². The lowest BCUT2D eigenvalue weighted by Crippen LogP contribution is -2.75. The maximum atomic E-state index is 16.3. The van der Waals surface area contributed by atoms with Crippen molar-refractivity contribution in [1.82, 2.24) is 5.32 Å². The van der Waals surface area contributed by atoms with Crippen LogP contribution < -0.4 is 5.32 Å². The minimum atomic E-state index is -2.88. The highest BCUT2D eigenvalue weighted by molar-refractivity contribution is 6.74. The van der Waals surface area contributed by atoms with Gasteiger partial charge in [0, 0.05) is 36.7 Å². The predicted molar refractivity (Wildman–Crippen MR) is 280 cm³/mol. The Kier molecular flexibility index (Phi) is 15.9. The van der Waals surface area contributed by atoms with Gasteiger partial charge in [0.1, 0.15) is 23.4 Å². The van der Waals surface area contributed by atoms with Gasteiger partial charge in [-0.2, -0.15) is 0 Å². The van der Waals surface area contributed by atoms with Gasteiger partial charge in [0.05, 0.1) is 35.8 Å². The number of nitrogens with one attached hydrogen (secondary N) is 1. The summed E-state index contributed by atoms with van der Waals surface area (Å²) in [5.41, 5.74) is -5.55. The molecule has 73 heavy (non-hydrogen) atoms. The average Bonchev–Trinajstić information content (AvgIpc) is 3.74. The third-order valence-corrected chi connectivity index (χ3v) is 26.8. The molecule has 3 fully saturated rings. The fraction of sp³-hybridized carbons (Fsp3) is 0.561. The van der Waals surface area contributed by atoms with Crippen molar-refractivity contribution in [2.45, 2.75) is 179 Å². The second kappa shape index (κ2) is 20.7. The van der Waals surface area contributed by atoms with Crippen LogP contribution in [0.5, 0.6) is 0 Å². The van der Waals surface area contributed by atoms with Crippen molar-refractivity contribution >= 4 is 46.2 Å². The zero-order valence-corrected chi connectivity index (χ0v) is 46.9. The van der Waals surface area contributed by atoms with Gasteiger partial charge < -0.3 is 43.3 Å². The van der Waals surface area contributed by atoms with Crippen molar-refractivity contribution in [3.63, 3.8) is 0 Å². The first-order valence-corrected chi connectivity index (χ1v) is 31.3. The van der Waals surface area contributed by atoms with E-state index < -0.39 is 128 Å². The average molecular weight is 1040 g/mol. The number of aliphatic hydroxyl groups is 2. The summed E-state index contributed by atoms with van der Waals surface area (Å²) in [7, 11) is -5.52. The van der Waals surface area contributed by atoms with E-state index in [1.807, 2.05) is 39.9 Å². The molecule has 1 aliphatic heterocycles. The molecule has 1 amide bonds. The maximum Gasteiger partial charge on any atom is 0.338 e. The fourth-order valence-corrected chi connectivity index (χ4v) is 16.1. The van der Waals surface area contributed by atoms with E-state index in [0.717, 1.165) is 0 Å². The molecule has 16 heteroatoms. The second-order valence-corrected chi connectivity index (χ2v) is 32.5. The Hall–Kier alpha value is -4.82. The minimum Gasteiger partial charge on any atom is -0.456 e. The highest BCUT2D eigenvalue weighted by Crippen LogP contribution is 2.65. The Balaban J connectivity index is 1.40. The quantitative estimate of drug-likeness (QED) is 0.0533. The van der Waals surface area contributed by atoms with Crippen molar-refractivity contribution in [2.75, 3.05) is 6.61 Å². The highest BCUT2D eigenvalue weighted by Gasteiger charge is 2.77. The van der Waals surface area contributed by atoms with Crippen molar-refractivity contribution < 1.29 is 62.0 Å². The largest absolute Gasteiger partial charge is 0.456 e. The molecule has 1 heterocycles. The summed E-state index contributed by atoms with van der Waals surface area (Å²) in [6.45, 7) is 23.9. The number of amides is 1. The van der Waals surface area contributed by atoms with E-state index in [0.29, 0.717) is 34.8 Å². The SMILES string of the molecule is CC[Si](CC)(CC)O[C@H]1C[C@@H](OC(=O)c2ccccc2)[C@@]2(O)CO[C@H]3[C@H]2[C@]1(C)C(=O)[C@H](OC(C)=O)C1=C(C)[C@@H](OC(=O)[C@H](O[Si](C)(C)C(C)(C)C)[C@@H](NC(=O)c2ccccc2)c2ccccc2)C[C@]3(O)C1(C)C. The highest BCUT2D eigenvalue weighted by atomic mass is 28.4. The smallest absolute Gasteiger partial charge is 0.338 e. The van der Waals surface area contributed by atoms with Gasteiger partial charge >= 0.3 is 17.9 Å². The number of benzene rings is 3. The molecule has 0 radical (unpaired) electrons. The molecule has 1 saturated heterocycles. The molecule has 0 spiro atoms. The number of ketones is 1. The van der Waals surface area contributed by atoms with E-state index in [-0.39, 0.29) is 24.0 Å². The molecule has 3 aliphatic carbocycles. The monoisotopic (exact) mass is 1040 g/mol. The Morgan fingerprint density at radius 3 is 1.89 bits per heavy atom. The molecule has 4 aliphatic rings. The van der Waals surface area contributed by atoms with Crippen LogP contribution in [0.1, 0.15) is 121 Å². The summed E-state index contributed by atoms with van der Waals surface area (Å²) in [6, 6.07) is 27.1. The molecule has 0 unspecified atom stereocenters. The molecule has 396 valence electrons. The molecule has 2 saturated carbocycles. The van der Waals surface area contributed by atoms with Gasteiger partial charge in [0.25, 0.3) is 5.91 Å². The summed E-state index contributed by atoms with van der Waals surface area (Å²) in [5, 5.41) is 30.0. The number of hydrogen-bond acceptors (Lipinski definition) is 13. The Morgan fingerprint density at radius 2 is 1.36 bits per heavy atom. The van der Waals surface area contributed by atoms with E-state index in [1.165, 1.54) is 6.92 Å². The Bertz CT molecular complexity index is 2550. The summed E-state index contributed by atoms with van der Waals surface area (Å²) in [5.74, 6) is -4.68. The van der Waals surface area contributed by atoms with Gasteiger partial charge in [0.15, 0.2) is 34.6 Å². The van der Waals surface area contributed by atoms with Crippen molar-refractivity contribution in [3.8, 4) is 0 Å². The maximum absolute atomic E-state index is 16.3. The van der Waals surface area contributed by atoms with E-state index in [4.69, 9.17) is 27.8 Å². The van der Waals surface area contributed by atoms with Gasteiger partial charge in [-0.15, -0.1) is 0 Å². The first-order chi connectivity index (χ1) is 34.2. The van der Waals surface area contributed by atoms with Gasteiger partial charge in [-0.1, -0.05) is 122 Å². The standard InChI is InChI=1S/C57H77NO13Si2/c1-14-73(15-2,16-3)70-41-32-42(69-51(62)39-30-24-19-25-31-39)56(64)34-66-49-47(56)55(41,11)48(60)45(67-36(5)59)43-35(4)40(33-57(49,65)54(43,9)10)68-52(63)46(71-72(12,13)53(6,7)8)44(37-26-20-17-21-27-37)58-50(61)38-28-22-18-23-29-38/h17-31,40-42,44-47,49,64-65H,14-16,32-34H2,1-13H3,(H,58,61)/t40-,41-,42+,44-,45+,46+,47-,49-,55+,56-,57+/m0/s1. The molecule has 3 aromatic rings. The van der Waals surface area contributed by atoms with Crippen LogP contribution in [-0.2, 0) is 42.2 Å². The topological polar surface area (TPSA) is 193 Å². The van der Waals surface area contributed by atoms with Crippen LogP contribution in [0.3, 0.4) is 0 Å². The lowest BCUT2D eigenvalue weighted by atomic mass is 9.46. The second-order valence-electron chi connectivity index (χ2n) is 23.0.